The van der Waals surface area contributed by atoms with Gasteiger partial charge in [-0.1, -0.05) is 18.2 Å². The number of phenolic OH excluding ortho intramolecular Hbond substituents is 1. The molecule has 0 bridgehead atoms. The zero-order valence-electron chi connectivity index (χ0n) is 6.68. The number of phenols is 1. The van der Waals surface area contributed by atoms with Gasteiger partial charge in [-0.25, -0.2) is 0 Å². The van der Waals surface area contributed by atoms with Gasteiger partial charge in [0.2, 0.25) is 0 Å². The smallest absolute Gasteiger partial charge is 0.290 e. The van der Waals surface area contributed by atoms with Crippen LogP contribution >= 0.6 is 11.6 Å². The molecular weight excluding hydrogens is 194 g/mol. The molecule has 0 aliphatic rings. The van der Waals surface area contributed by atoms with E-state index < -0.39 is 10.4 Å². The molecule has 0 spiro atoms. The van der Waals surface area contributed by atoms with Crippen LogP contribution in [0.5, 0.6) is 5.75 Å². The molecule has 4 nitrogen and oxygen atoms in total. The zero-order valence-corrected chi connectivity index (χ0v) is 7.44. The predicted octanol–water partition coefficient (Wildman–Crippen LogP) is 1.78. The average molecular weight is 202 g/mol. The summed E-state index contributed by atoms with van der Waals surface area (Å²) in [4.78, 5) is 9.62. The van der Waals surface area contributed by atoms with Crippen LogP contribution in [0.25, 0.3) is 0 Å². The Labute approximate surface area is 79.9 Å². The lowest BCUT2D eigenvalue weighted by atomic mass is 10.1. The van der Waals surface area contributed by atoms with Crippen molar-refractivity contribution in [2.24, 2.45) is 0 Å². The van der Waals surface area contributed by atoms with Gasteiger partial charge in [0.25, 0.3) is 5.50 Å². The van der Waals surface area contributed by atoms with Crippen LogP contribution in [0, 0.1) is 10.1 Å². The van der Waals surface area contributed by atoms with Crippen LogP contribution < -0.4 is 0 Å². The third kappa shape index (κ3) is 2.59. The van der Waals surface area contributed by atoms with Gasteiger partial charge in [0.05, 0.1) is 6.42 Å². The van der Waals surface area contributed by atoms with E-state index in [2.05, 4.69) is 0 Å². The van der Waals surface area contributed by atoms with Crippen LogP contribution in [-0.2, 0) is 6.42 Å². The predicted molar refractivity (Wildman–Crippen MR) is 48.4 cm³/mol. The van der Waals surface area contributed by atoms with Gasteiger partial charge < -0.3 is 5.11 Å². The molecule has 0 aromatic heterocycles. The summed E-state index contributed by atoms with van der Waals surface area (Å²) in [6.07, 6.45) is 0.0290. The molecule has 1 aromatic rings. The van der Waals surface area contributed by atoms with Crippen molar-refractivity contribution in [2.45, 2.75) is 11.9 Å². The lowest BCUT2D eigenvalue weighted by Crippen LogP contribution is -2.14. The number of aromatic hydroxyl groups is 1. The Kier molecular flexibility index (Phi) is 3.08. The van der Waals surface area contributed by atoms with Crippen molar-refractivity contribution >= 4 is 11.6 Å². The Morgan fingerprint density at radius 3 is 2.69 bits per heavy atom. The molecule has 70 valence electrons. The number of nitro groups is 1. The Bertz CT molecular complexity index is 316. The van der Waals surface area contributed by atoms with Crippen LogP contribution in [0.3, 0.4) is 0 Å². The Hall–Kier alpha value is -1.29. The monoisotopic (exact) mass is 201 g/mol. The molecular formula is C8H8ClNO3. The standard InChI is InChI=1S/C8H8ClNO3/c9-8(10(12)13)5-6-3-1-2-4-7(6)11/h1-4,8,11H,5H2. The fourth-order valence-electron chi connectivity index (χ4n) is 0.939. The van der Waals surface area contributed by atoms with Crippen molar-refractivity contribution in [3.63, 3.8) is 0 Å². The van der Waals surface area contributed by atoms with Gasteiger partial charge in [0, 0.05) is 10.5 Å². The number of hydrogen-bond donors (Lipinski definition) is 1. The molecule has 13 heavy (non-hydrogen) atoms. The number of hydrogen-bond acceptors (Lipinski definition) is 3. The minimum atomic E-state index is -1.19. The lowest BCUT2D eigenvalue weighted by molar-refractivity contribution is -0.497. The summed E-state index contributed by atoms with van der Waals surface area (Å²) in [6, 6.07) is 6.42. The maximum absolute atomic E-state index is 10.2. The third-order valence-electron chi connectivity index (χ3n) is 1.61. The fourth-order valence-corrected chi connectivity index (χ4v) is 1.11. The minimum absolute atomic E-state index is 0.0290. The molecule has 0 radical (unpaired) electrons. The zero-order chi connectivity index (χ0) is 9.84. The van der Waals surface area contributed by atoms with E-state index in [0.717, 1.165) is 0 Å². The van der Waals surface area contributed by atoms with E-state index >= 15 is 0 Å². The lowest BCUT2D eigenvalue weighted by Gasteiger charge is -2.03. The maximum atomic E-state index is 10.2. The van der Waals surface area contributed by atoms with Crippen LogP contribution in [-0.4, -0.2) is 15.5 Å². The van der Waals surface area contributed by atoms with Gasteiger partial charge in [-0.15, -0.1) is 0 Å². The van der Waals surface area contributed by atoms with Crippen molar-refractivity contribution in [3.05, 3.63) is 39.9 Å². The number of nitrogens with zero attached hydrogens (tertiary/aromatic N) is 1. The van der Waals surface area contributed by atoms with Crippen LogP contribution in [0.15, 0.2) is 24.3 Å². The quantitative estimate of drug-likeness (QED) is 0.351. The highest BCUT2D eigenvalue weighted by molar-refractivity contribution is 6.19. The molecule has 0 aliphatic heterocycles. The number of halogens is 1. The van der Waals surface area contributed by atoms with Gasteiger partial charge in [0.1, 0.15) is 5.75 Å². The van der Waals surface area contributed by atoms with Gasteiger partial charge in [-0.05, 0) is 17.7 Å². The molecule has 1 N–H and O–H groups in total. The van der Waals surface area contributed by atoms with E-state index in [1.165, 1.54) is 6.07 Å². The molecule has 0 aliphatic carbocycles. The Morgan fingerprint density at radius 2 is 2.15 bits per heavy atom. The second-order valence-electron chi connectivity index (χ2n) is 2.55. The van der Waals surface area contributed by atoms with Crippen molar-refractivity contribution in [3.8, 4) is 5.75 Å². The first-order valence-corrected chi connectivity index (χ1v) is 4.09. The number of rotatable bonds is 3. The summed E-state index contributed by atoms with van der Waals surface area (Å²) >= 11 is 5.41. The normalized spacial score (nSPS) is 12.4. The summed E-state index contributed by atoms with van der Waals surface area (Å²) in [5.74, 6) is 0.0370. The average Bonchev–Trinajstić information content (AvgIpc) is 2.08. The van der Waals surface area contributed by atoms with Crippen molar-refractivity contribution < 1.29 is 10.0 Å². The van der Waals surface area contributed by atoms with Gasteiger partial charge >= 0.3 is 0 Å². The molecule has 0 amide bonds. The van der Waals surface area contributed by atoms with E-state index in [0.29, 0.717) is 5.56 Å². The van der Waals surface area contributed by atoms with Gasteiger partial charge in [-0.2, -0.15) is 0 Å². The number of alkyl halides is 1. The highest BCUT2D eigenvalue weighted by atomic mass is 35.5. The Morgan fingerprint density at radius 1 is 1.54 bits per heavy atom. The topological polar surface area (TPSA) is 63.4 Å². The van der Waals surface area contributed by atoms with Gasteiger partial charge in [-0.3, -0.25) is 10.1 Å². The van der Waals surface area contributed by atoms with E-state index in [1.54, 1.807) is 18.2 Å². The van der Waals surface area contributed by atoms with E-state index in [4.69, 9.17) is 11.6 Å². The molecule has 1 atom stereocenters. The van der Waals surface area contributed by atoms with Crippen LogP contribution in [0.4, 0.5) is 0 Å². The first kappa shape index (κ1) is 9.80. The van der Waals surface area contributed by atoms with Crippen LogP contribution in [0.1, 0.15) is 5.56 Å². The first-order chi connectivity index (χ1) is 6.11. The number of benzene rings is 1. The van der Waals surface area contributed by atoms with E-state index in [-0.39, 0.29) is 12.2 Å². The van der Waals surface area contributed by atoms with Crippen molar-refractivity contribution in [1.29, 1.82) is 0 Å². The third-order valence-corrected chi connectivity index (χ3v) is 1.92. The molecule has 1 aromatic carbocycles. The van der Waals surface area contributed by atoms with Crippen molar-refractivity contribution in [1.82, 2.24) is 0 Å². The highest BCUT2D eigenvalue weighted by Gasteiger charge is 2.17. The molecule has 5 heteroatoms. The summed E-state index contributed by atoms with van der Waals surface area (Å²) in [7, 11) is 0. The maximum Gasteiger partial charge on any atom is 0.290 e. The molecule has 0 fully saturated rings. The summed E-state index contributed by atoms with van der Waals surface area (Å²) in [6.45, 7) is 0. The molecule has 0 heterocycles. The highest BCUT2D eigenvalue weighted by Crippen LogP contribution is 2.19. The van der Waals surface area contributed by atoms with Crippen LogP contribution in [0.2, 0.25) is 0 Å². The van der Waals surface area contributed by atoms with E-state index in [9.17, 15) is 15.2 Å². The van der Waals surface area contributed by atoms with Crippen molar-refractivity contribution in [2.75, 3.05) is 0 Å². The van der Waals surface area contributed by atoms with E-state index in [1.807, 2.05) is 0 Å². The molecule has 1 rings (SSSR count). The molecule has 0 saturated carbocycles. The van der Waals surface area contributed by atoms with Gasteiger partial charge in [0.15, 0.2) is 0 Å². The summed E-state index contributed by atoms with van der Waals surface area (Å²) in [5.41, 5.74) is -0.701. The summed E-state index contributed by atoms with van der Waals surface area (Å²) in [5, 5.41) is 19.5. The first-order valence-electron chi connectivity index (χ1n) is 3.65. The molecule has 1 unspecified atom stereocenters. The second-order valence-corrected chi connectivity index (χ2v) is 3.06. The Balaban J connectivity index is 2.74. The summed E-state index contributed by atoms with van der Waals surface area (Å²) < 4.78 is 0. The number of para-hydroxylation sites is 1. The molecule has 0 saturated heterocycles. The minimum Gasteiger partial charge on any atom is -0.508 e. The SMILES string of the molecule is O=[N+]([O-])C(Cl)Cc1ccccc1O. The largest absolute Gasteiger partial charge is 0.508 e. The fraction of sp³-hybridized carbons (Fsp3) is 0.250. The second kappa shape index (κ2) is 4.09.